The van der Waals surface area contributed by atoms with Crippen molar-refractivity contribution in [2.75, 3.05) is 24.9 Å². The van der Waals surface area contributed by atoms with E-state index in [0.29, 0.717) is 47.3 Å². The molecule has 9 heteroatoms. The van der Waals surface area contributed by atoms with E-state index in [0.717, 1.165) is 0 Å². The number of aromatic hydroxyl groups is 1. The zero-order valence-electron chi connectivity index (χ0n) is 20.3. The van der Waals surface area contributed by atoms with E-state index < -0.39 is 17.7 Å². The van der Waals surface area contributed by atoms with Crippen molar-refractivity contribution in [2.45, 2.75) is 19.9 Å². The molecule has 1 saturated heterocycles. The third-order valence-corrected chi connectivity index (χ3v) is 6.12. The van der Waals surface area contributed by atoms with E-state index in [4.69, 9.17) is 18.9 Å². The first-order valence-electron chi connectivity index (χ1n) is 11.8. The molecule has 3 aromatic rings. The van der Waals surface area contributed by atoms with Crippen LogP contribution in [0.1, 0.15) is 31.0 Å². The minimum absolute atomic E-state index is 0.0510. The van der Waals surface area contributed by atoms with Crippen LogP contribution in [0, 0.1) is 0 Å². The SMILES string of the molecule is CCOc1ccc(N2C(=O)C(=O)/C(=C(/O)c3ccc4c(c3)OCO4)C2c2ccc(O)c(OCC)c2)cc1. The number of phenolic OH excluding ortho intramolecular Hbond substituents is 1. The molecule has 190 valence electrons. The Kier molecular flexibility index (Phi) is 6.35. The second kappa shape index (κ2) is 9.77. The van der Waals surface area contributed by atoms with Gasteiger partial charge in [-0.15, -0.1) is 0 Å². The first-order chi connectivity index (χ1) is 17.9. The lowest BCUT2D eigenvalue weighted by Gasteiger charge is -2.26. The number of benzene rings is 3. The molecule has 1 fully saturated rings. The van der Waals surface area contributed by atoms with Crippen LogP contribution in [0.3, 0.4) is 0 Å². The van der Waals surface area contributed by atoms with Crippen molar-refractivity contribution < 1.29 is 38.7 Å². The fraction of sp³-hybridized carbons (Fsp3) is 0.214. The number of ketones is 1. The van der Waals surface area contributed by atoms with E-state index >= 15 is 0 Å². The molecule has 5 rings (SSSR count). The molecule has 0 aliphatic carbocycles. The molecular weight excluding hydrogens is 478 g/mol. The van der Waals surface area contributed by atoms with Crippen LogP contribution in [0.25, 0.3) is 5.76 Å². The first-order valence-corrected chi connectivity index (χ1v) is 11.8. The zero-order valence-corrected chi connectivity index (χ0v) is 20.3. The minimum atomic E-state index is -0.997. The van der Waals surface area contributed by atoms with Crippen molar-refractivity contribution in [3.05, 3.63) is 77.4 Å². The molecule has 1 atom stereocenters. The lowest BCUT2D eigenvalue weighted by atomic mass is 9.94. The monoisotopic (exact) mass is 503 g/mol. The molecule has 1 amide bonds. The topological polar surface area (TPSA) is 115 Å². The number of fused-ring (bicyclic) bond motifs is 1. The van der Waals surface area contributed by atoms with E-state index in [2.05, 4.69) is 0 Å². The molecule has 0 radical (unpaired) electrons. The van der Waals surface area contributed by atoms with E-state index in [-0.39, 0.29) is 29.6 Å². The van der Waals surface area contributed by atoms with E-state index in [9.17, 15) is 19.8 Å². The Morgan fingerprint density at radius 1 is 0.946 bits per heavy atom. The molecule has 1 unspecified atom stereocenters. The molecular formula is C28H25NO8. The number of hydrogen-bond acceptors (Lipinski definition) is 8. The third-order valence-electron chi connectivity index (χ3n) is 6.12. The van der Waals surface area contributed by atoms with Gasteiger partial charge in [0.15, 0.2) is 23.0 Å². The quantitative estimate of drug-likeness (QED) is 0.274. The molecule has 0 bridgehead atoms. The van der Waals surface area contributed by atoms with Gasteiger partial charge in [-0.3, -0.25) is 14.5 Å². The van der Waals surface area contributed by atoms with Crippen LogP contribution in [0.5, 0.6) is 28.7 Å². The largest absolute Gasteiger partial charge is 0.507 e. The number of phenols is 1. The Hall–Kier alpha value is -4.66. The normalized spacial score (nSPS) is 17.8. The van der Waals surface area contributed by atoms with Crippen LogP contribution in [-0.4, -0.2) is 41.9 Å². The van der Waals surface area contributed by atoms with Crippen LogP contribution < -0.4 is 23.8 Å². The molecule has 0 spiro atoms. The minimum Gasteiger partial charge on any atom is -0.507 e. The summed E-state index contributed by atoms with van der Waals surface area (Å²) < 4.78 is 21.8. The number of aliphatic hydroxyl groups excluding tert-OH is 1. The lowest BCUT2D eigenvalue weighted by molar-refractivity contribution is -0.132. The average molecular weight is 504 g/mol. The summed E-state index contributed by atoms with van der Waals surface area (Å²) >= 11 is 0. The second-order valence-electron chi connectivity index (χ2n) is 8.32. The van der Waals surface area contributed by atoms with Crippen LogP contribution >= 0.6 is 0 Å². The van der Waals surface area contributed by atoms with Crippen molar-refractivity contribution in [1.29, 1.82) is 0 Å². The summed E-state index contributed by atoms with van der Waals surface area (Å²) in [5.41, 5.74) is 1.09. The number of ether oxygens (including phenoxy) is 4. The van der Waals surface area contributed by atoms with Crippen LogP contribution in [0.2, 0.25) is 0 Å². The van der Waals surface area contributed by atoms with E-state index in [1.165, 1.54) is 11.0 Å². The van der Waals surface area contributed by atoms with Crippen LogP contribution in [0.15, 0.2) is 66.2 Å². The Morgan fingerprint density at radius 3 is 2.41 bits per heavy atom. The van der Waals surface area contributed by atoms with E-state index in [1.54, 1.807) is 61.5 Å². The number of rotatable bonds is 7. The summed E-state index contributed by atoms with van der Waals surface area (Å²) in [6.45, 7) is 4.47. The zero-order chi connectivity index (χ0) is 26.1. The molecule has 2 aliphatic heterocycles. The van der Waals surface area contributed by atoms with Gasteiger partial charge < -0.3 is 29.2 Å². The first kappa shape index (κ1) is 24.1. The molecule has 37 heavy (non-hydrogen) atoms. The maximum atomic E-state index is 13.4. The highest BCUT2D eigenvalue weighted by molar-refractivity contribution is 6.51. The number of amides is 1. The summed E-state index contributed by atoms with van der Waals surface area (Å²) in [7, 11) is 0. The van der Waals surface area contributed by atoms with E-state index in [1.807, 2.05) is 6.92 Å². The Labute approximate surface area is 213 Å². The van der Waals surface area contributed by atoms with Gasteiger partial charge in [0.25, 0.3) is 11.7 Å². The highest BCUT2D eigenvalue weighted by atomic mass is 16.7. The fourth-order valence-electron chi connectivity index (χ4n) is 4.46. The number of anilines is 1. The fourth-order valence-corrected chi connectivity index (χ4v) is 4.46. The van der Waals surface area contributed by atoms with Gasteiger partial charge in [-0.05, 0) is 74.0 Å². The summed E-state index contributed by atoms with van der Waals surface area (Å²) in [6, 6.07) is 15.1. The summed E-state index contributed by atoms with van der Waals surface area (Å²) in [6.07, 6.45) is 0. The standard InChI is InChI=1S/C28H25NO8/c1-3-34-19-9-7-18(8-10-19)29-25(16-5-11-20(30)22(13-16)35-4-2)24(27(32)28(29)33)26(31)17-6-12-21-23(14-17)37-15-36-21/h5-14,25,30-31H,3-4,15H2,1-2H3/b26-24+. The van der Waals surface area contributed by atoms with Crippen molar-refractivity contribution in [1.82, 2.24) is 0 Å². The van der Waals surface area contributed by atoms with Gasteiger partial charge in [-0.25, -0.2) is 0 Å². The lowest BCUT2D eigenvalue weighted by Crippen LogP contribution is -2.29. The number of Topliss-reactive ketones (excluding diaryl/α,β-unsaturated/α-hetero) is 1. The smallest absolute Gasteiger partial charge is 0.300 e. The third kappa shape index (κ3) is 4.29. The van der Waals surface area contributed by atoms with Gasteiger partial charge >= 0.3 is 0 Å². The molecule has 0 saturated carbocycles. The van der Waals surface area contributed by atoms with Gasteiger partial charge in [0, 0.05) is 11.3 Å². The highest BCUT2D eigenvalue weighted by Crippen LogP contribution is 2.45. The maximum absolute atomic E-state index is 13.4. The van der Waals surface area contributed by atoms with Crippen molar-refractivity contribution in [3.63, 3.8) is 0 Å². The van der Waals surface area contributed by atoms with Crippen LogP contribution in [-0.2, 0) is 9.59 Å². The molecule has 9 nitrogen and oxygen atoms in total. The van der Waals surface area contributed by atoms with Crippen molar-refractivity contribution in [2.24, 2.45) is 0 Å². The number of aliphatic hydroxyl groups is 1. The van der Waals surface area contributed by atoms with Gasteiger partial charge in [0.1, 0.15) is 11.5 Å². The summed E-state index contributed by atoms with van der Waals surface area (Å²) in [4.78, 5) is 28.1. The number of carbonyl (C=O) groups excluding carboxylic acids is 2. The van der Waals surface area contributed by atoms with Crippen molar-refractivity contribution >= 4 is 23.1 Å². The number of nitrogens with zero attached hydrogens (tertiary/aromatic N) is 1. The summed E-state index contributed by atoms with van der Waals surface area (Å²) in [5.74, 6) is -0.348. The molecule has 3 aromatic carbocycles. The Morgan fingerprint density at radius 2 is 1.68 bits per heavy atom. The number of carbonyl (C=O) groups is 2. The van der Waals surface area contributed by atoms with Gasteiger partial charge in [-0.2, -0.15) is 0 Å². The summed E-state index contributed by atoms with van der Waals surface area (Å²) in [5, 5.41) is 21.6. The predicted molar refractivity (Wildman–Crippen MR) is 134 cm³/mol. The van der Waals surface area contributed by atoms with Gasteiger partial charge in [-0.1, -0.05) is 6.07 Å². The Bertz CT molecular complexity index is 1400. The average Bonchev–Trinajstić information content (AvgIpc) is 3.48. The Balaban J connectivity index is 1.68. The highest BCUT2D eigenvalue weighted by Gasteiger charge is 2.47. The molecule has 2 N–H and O–H groups in total. The molecule has 0 aromatic heterocycles. The molecule has 2 aliphatic rings. The van der Waals surface area contributed by atoms with Gasteiger partial charge in [0.2, 0.25) is 6.79 Å². The van der Waals surface area contributed by atoms with Crippen molar-refractivity contribution in [3.8, 4) is 28.7 Å². The predicted octanol–water partition coefficient (Wildman–Crippen LogP) is 4.54. The second-order valence-corrected chi connectivity index (χ2v) is 8.32. The molecule has 2 heterocycles. The maximum Gasteiger partial charge on any atom is 0.300 e. The van der Waals surface area contributed by atoms with Gasteiger partial charge in [0.05, 0.1) is 24.8 Å². The van der Waals surface area contributed by atoms with Crippen LogP contribution in [0.4, 0.5) is 5.69 Å². The number of hydrogen-bond donors (Lipinski definition) is 2.